The second-order valence-electron chi connectivity index (χ2n) is 4.08. The molecule has 2 aromatic rings. The Hall–Kier alpha value is -1.59. The first-order chi connectivity index (χ1) is 8.97. The Morgan fingerprint density at radius 2 is 2.05 bits per heavy atom. The van der Waals surface area contributed by atoms with E-state index in [0.29, 0.717) is 10.8 Å². The second kappa shape index (κ2) is 5.59. The summed E-state index contributed by atoms with van der Waals surface area (Å²) in [6.07, 6.45) is 1.34. The number of rotatable bonds is 4. The molecule has 19 heavy (non-hydrogen) atoms. The molecule has 6 heteroatoms. The first kappa shape index (κ1) is 13.8. The topological polar surface area (TPSA) is 59.4 Å². The lowest BCUT2D eigenvalue weighted by molar-refractivity contribution is 0.0702. The van der Waals surface area contributed by atoms with E-state index < -0.39 is 5.97 Å². The summed E-state index contributed by atoms with van der Waals surface area (Å²) in [5, 5.41) is 10.2. The van der Waals surface area contributed by atoms with Crippen LogP contribution in [-0.4, -0.2) is 16.1 Å². The summed E-state index contributed by atoms with van der Waals surface area (Å²) < 4.78 is 5.60. The number of halogens is 1. The molecule has 0 radical (unpaired) electrons. The lowest BCUT2D eigenvalue weighted by Crippen LogP contribution is -1.96. The number of hydrogen-bond donors (Lipinski definition) is 1. The fourth-order valence-corrected chi connectivity index (χ4v) is 2.39. The van der Waals surface area contributed by atoms with Crippen LogP contribution in [0.1, 0.15) is 25.8 Å². The zero-order chi connectivity index (χ0) is 14.0. The molecule has 0 saturated heterocycles. The highest BCUT2D eigenvalue weighted by atomic mass is 35.5. The molecule has 0 bridgehead atoms. The number of nitrogens with zero attached hydrogens (tertiary/aromatic N) is 1. The van der Waals surface area contributed by atoms with Gasteiger partial charge in [0.1, 0.15) is 22.2 Å². The van der Waals surface area contributed by atoms with E-state index >= 15 is 0 Å². The summed E-state index contributed by atoms with van der Waals surface area (Å²) in [5.74, 6) is -0.270. The van der Waals surface area contributed by atoms with Gasteiger partial charge in [0.05, 0.1) is 6.20 Å². The number of benzene rings is 1. The van der Waals surface area contributed by atoms with Gasteiger partial charge in [-0.1, -0.05) is 11.6 Å². The molecule has 1 aromatic heterocycles. The predicted molar refractivity (Wildman–Crippen MR) is 74.3 cm³/mol. The van der Waals surface area contributed by atoms with Crippen molar-refractivity contribution in [3.63, 3.8) is 0 Å². The molecule has 0 spiro atoms. The quantitative estimate of drug-likeness (QED) is 0.935. The van der Waals surface area contributed by atoms with Crippen LogP contribution in [0.5, 0.6) is 5.75 Å². The third-order valence-corrected chi connectivity index (χ3v) is 4.09. The van der Waals surface area contributed by atoms with E-state index in [9.17, 15) is 4.79 Å². The minimum atomic E-state index is -0.970. The molecule has 0 saturated carbocycles. The van der Waals surface area contributed by atoms with Crippen LogP contribution < -0.4 is 4.74 Å². The van der Waals surface area contributed by atoms with E-state index in [1.807, 2.05) is 26.0 Å². The summed E-state index contributed by atoms with van der Waals surface area (Å²) in [6, 6.07) is 3.70. The Balaban J connectivity index is 2.08. The fourth-order valence-electron chi connectivity index (χ4n) is 1.61. The average Bonchev–Trinajstić information content (AvgIpc) is 2.82. The molecule has 1 N–H and O–H groups in total. The summed E-state index contributed by atoms with van der Waals surface area (Å²) >= 11 is 7.18. The summed E-state index contributed by atoms with van der Waals surface area (Å²) in [4.78, 5) is 14.9. The Morgan fingerprint density at radius 1 is 1.42 bits per heavy atom. The number of thiazole rings is 1. The molecule has 0 unspecified atom stereocenters. The lowest BCUT2D eigenvalue weighted by Gasteiger charge is -2.08. The van der Waals surface area contributed by atoms with Crippen molar-refractivity contribution in [3.05, 3.63) is 44.4 Å². The maximum atomic E-state index is 10.7. The molecule has 0 atom stereocenters. The molecule has 1 heterocycles. The van der Waals surface area contributed by atoms with E-state index in [1.54, 1.807) is 0 Å². The monoisotopic (exact) mass is 297 g/mol. The Bertz CT molecular complexity index is 601. The van der Waals surface area contributed by atoms with Gasteiger partial charge >= 0.3 is 5.97 Å². The van der Waals surface area contributed by atoms with Crippen molar-refractivity contribution in [2.75, 3.05) is 0 Å². The maximum Gasteiger partial charge on any atom is 0.347 e. The number of carbonyl (C=O) groups is 1. The van der Waals surface area contributed by atoms with Crippen LogP contribution in [0.2, 0.25) is 5.02 Å². The third-order valence-electron chi connectivity index (χ3n) is 2.54. The van der Waals surface area contributed by atoms with Gasteiger partial charge in [0, 0.05) is 5.02 Å². The van der Waals surface area contributed by atoms with E-state index in [0.717, 1.165) is 27.5 Å². The van der Waals surface area contributed by atoms with Crippen molar-refractivity contribution in [1.29, 1.82) is 0 Å². The number of carboxylic acids is 1. The summed E-state index contributed by atoms with van der Waals surface area (Å²) in [7, 11) is 0. The van der Waals surface area contributed by atoms with Gasteiger partial charge in [-0.05, 0) is 37.1 Å². The molecular formula is C13H12ClNO3S. The fraction of sp³-hybridized carbons (Fsp3) is 0.231. The molecule has 0 aliphatic rings. The SMILES string of the molecule is Cc1cc(OCc2ncc(C(=O)O)s2)cc(C)c1Cl. The van der Waals surface area contributed by atoms with Crippen molar-refractivity contribution >= 4 is 28.9 Å². The standard InChI is InChI=1S/C13H12ClNO3S/c1-7-3-9(4-8(2)12(7)14)18-6-11-15-5-10(19-11)13(16)17/h3-5H,6H2,1-2H3,(H,16,17). The van der Waals surface area contributed by atoms with Gasteiger partial charge in [-0.3, -0.25) is 0 Å². The number of carboxylic acid groups (broad SMARTS) is 1. The van der Waals surface area contributed by atoms with E-state index in [1.165, 1.54) is 6.20 Å². The minimum Gasteiger partial charge on any atom is -0.486 e. The van der Waals surface area contributed by atoms with Gasteiger partial charge in [0.15, 0.2) is 0 Å². The van der Waals surface area contributed by atoms with Crippen LogP contribution in [0.15, 0.2) is 18.3 Å². The first-order valence-corrected chi connectivity index (χ1v) is 6.74. The first-order valence-electron chi connectivity index (χ1n) is 5.55. The van der Waals surface area contributed by atoms with Crippen LogP contribution in [0.4, 0.5) is 0 Å². The van der Waals surface area contributed by atoms with Crippen molar-refractivity contribution in [1.82, 2.24) is 4.98 Å². The maximum absolute atomic E-state index is 10.7. The van der Waals surface area contributed by atoms with Crippen LogP contribution in [0, 0.1) is 13.8 Å². The zero-order valence-corrected chi connectivity index (χ0v) is 12.0. The van der Waals surface area contributed by atoms with Gasteiger partial charge in [-0.25, -0.2) is 9.78 Å². The number of aryl methyl sites for hydroxylation is 2. The number of hydrogen-bond acceptors (Lipinski definition) is 4. The Kier molecular flexibility index (Phi) is 4.07. The Morgan fingerprint density at radius 3 is 2.58 bits per heavy atom. The predicted octanol–water partition coefficient (Wildman–Crippen LogP) is 3.69. The van der Waals surface area contributed by atoms with Crippen molar-refractivity contribution in [3.8, 4) is 5.75 Å². The van der Waals surface area contributed by atoms with Gasteiger partial charge in [0.2, 0.25) is 0 Å². The van der Waals surface area contributed by atoms with Gasteiger partial charge in [-0.2, -0.15) is 0 Å². The van der Waals surface area contributed by atoms with Crippen LogP contribution >= 0.6 is 22.9 Å². The zero-order valence-electron chi connectivity index (χ0n) is 10.4. The molecule has 0 amide bonds. The third kappa shape index (κ3) is 3.24. The van der Waals surface area contributed by atoms with Crippen LogP contribution in [-0.2, 0) is 6.61 Å². The van der Waals surface area contributed by atoms with Gasteiger partial charge in [0.25, 0.3) is 0 Å². The molecular weight excluding hydrogens is 286 g/mol. The van der Waals surface area contributed by atoms with Crippen molar-refractivity contribution in [2.24, 2.45) is 0 Å². The van der Waals surface area contributed by atoms with Crippen LogP contribution in [0.3, 0.4) is 0 Å². The number of aromatic carboxylic acids is 1. The molecule has 1 aromatic carbocycles. The van der Waals surface area contributed by atoms with Gasteiger partial charge < -0.3 is 9.84 Å². The average molecular weight is 298 g/mol. The second-order valence-corrected chi connectivity index (χ2v) is 5.58. The van der Waals surface area contributed by atoms with E-state index in [2.05, 4.69) is 4.98 Å². The normalized spacial score (nSPS) is 10.5. The minimum absolute atomic E-state index is 0.210. The highest BCUT2D eigenvalue weighted by molar-refractivity contribution is 7.13. The van der Waals surface area contributed by atoms with Crippen molar-refractivity contribution < 1.29 is 14.6 Å². The van der Waals surface area contributed by atoms with Crippen LogP contribution in [0.25, 0.3) is 0 Å². The Labute approximate surface area is 119 Å². The lowest BCUT2D eigenvalue weighted by atomic mass is 10.1. The van der Waals surface area contributed by atoms with E-state index in [-0.39, 0.29) is 11.5 Å². The number of ether oxygens (including phenoxy) is 1. The summed E-state index contributed by atoms with van der Waals surface area (Å²) in [5.41, 5.74) is 1.89. The highest BCUT2D eigenvalue weighted by Crippen LogP contribution is 2.26. The van der Waals surface area contributed by atoms with E-state index in [4.69, 9.17) is 21.4 Å². The summed E-state index contributed by atoms with van der Waals surface area (Å²) in [6.45, 7) is 4.07. The molecule has 0 aliphatic carbocycles. The molecule has 100 valence electrons. The smallest absolute Gasteiger partial charge is 0.347 e. The molecule has 0 fully saturated rings. The molecule has 0 aliphatic heterocycles. The number of aromatic nitrogens is 1. The van der Waals surface area contributed by atoms with Gasteiger partial charge in [-0.15, -0.1) is 11.3 Å². The molecule has 2 rings (SSSR count). The van der Waals surface area contributed by atoms with Crippen molar-refractivity contribution in [2.45, 2.75) is 20.5 Å². The molecule has 4 nitrogen and oxygen atoms in total. The largest absolute Gasteiger partial charge is 0.486 e. The highest BCUT2D eigenvalue weighted by Gasteiger charge is 2.09.